The van der Waals surface area contributed by atoms with Gasteiger partial charge in [0.15, 0.2) is 0 Å². The zero-order chi connectivity index (χ0) is 22.1. The van der Waals surface area contributed by atoms with Crippen LogP contribution in [0.2, 0.25) is 0 Å². The van der Waals surface area contributed by atoms with E-state index < -0.39 is 29.7 Å². The molecule has 0 radical (unpaired) electrons. The van der Waals surface area contributed by atoms with E-state index in [1.165, 1.54) is 10.8 Å². The van der Waals surface area contributed by atoms with Crippen molar-refractivity contribution >= 4 is 15.9 Å². The second kappa shape index (κ2) is 8.87. The predicted octanol–water partition coefficient (Wildman–Crippen LogP) is 0.410. The number of benzene rings is 1. The minimum absolute atomic E-state index is 0.0451. The Labute approximate surface area is 185 Å². The fraction of sp³-hybridized carbons (Fsp3) is 0.400. The van der Waals surface area contributed by atoms with Gasteiger partial charge in [-0.3, -0.25) is 13.9 Å². The lowest BCUT2D eigenvalue weighted by atomic mass is 10.2. The summed E-state index contributed by atoms with van der Waals surface area (Å²) < 4.78 is 10.5. The Morgan fingerprint density at radius 3 is 2.77 bits per heavy atom. The summed E-state index contributed by atoms with van der Waals surface area (Å²) in [6, 6.07) is 7.79. The van der Waals surface area contributed by atoms with Gasteiger partial charge in [-0.15, -0.1) is 5.10 Å². The molecule has 0 aliphatic carbocycles. The first-order valence-corrected chi connectivity index (χ1v) is 10.6. The standard InChI is InChI=1S/C20H22BrN5O5/c1-12-7-25(18-6-16(28)17(11-27)31-18)20(30)26(19(12)29)10-15-9-24(23-22-15)8-13-3-2-4-14(21)5-13/h2-5,7,9,16-18,27-28H,6,8,10-11H2,1H3/t16-,17-,18-/m1/s1. The molecule has 1 saturated heterocycles. The van der Waals surface area contributed by atoms with E-state index in [1.807, 2.05) is 24.3 Å². The lowest BCUT2D eigenvalue weighted by molar-refractivity contribution is -0.0463. The lowest BCUT2D eigenvalue weighted by Gasteiger charge is -2.17. The number of ether oxygens (including phenoxy) is 1. The number of nitrogens with zero attached hydrogens (tertiary/aromatic N) is 5. The summed E-state index contributed by atoms with van der Waals surface area (Å²) in [5.74, 6) is 0. The third-order valence-corrected chi connectivity index (χ3v) is 5.69. The number of halogens is 1. The van der Waals surface area contributed by atoms with Gasteiger partial charge in [-0.1, -0.05) is 33.3 Å². The van der Waals surface area contributed by atoms with Crippen molar-refractivity contribution in [2.24, 2.45) is 0 Å². The Hall–Kier alpha value is -2.60. The largest absolute Gasteiger partial charge is 0.394 e. The third-order valence-electron chi connectivity index (χ3n) is 5.20. The maximum Gasteiger partial charge on any atom is 0.333 e. The van der Waals surface area contributed by atoms with Crippen LogP contribution in [0.1, 0.15) is 29.5 Å². The zero-order valence-corrected chi connectivity index (χ0v) is 18.3. The van der Waals surface area contributed by atoms with Crippen molar-refractivity contribution in [1.29, 1.82) is 0 Å². The summed E-state index contributed by atoms with van der Waals surface area (Å²) in [5.41, 5.74) is 0.836. The maximum atomic E-state index is 13.0. The fourth-order valence-electron chi connectivity index (χ4n) is 3.63. The van der Waals surface area contributed by atoms with Gasteiger partial charge >= 0.3 is 5.69 Å². The summed E-state index contributed by atoms with van der Waals surface area (Å²) in [6.45, 7) is 1.70. The van der Waals surface area contributed by atoms with Crippen LogP contribution in [-0.4, -0.2) is 53.2 Å². The van der Waals surface area contributed by atoms with Crippen molar-refractivity contribution in [1.82, 2.24) is 24.1 Å². The lowest BCUT2D eigenvalue weighted by Crippen LogP contribution is -2.42. The highest BCUT2D eigenvalue weighted by Gasteiger charge is 2.35. The van der Waals surface area contributed by atoms with Crippen molar-refractivity contribution < 1.29 is 14.9 Å². The first-order valence-electron chi connectivity index (χ1n) is 9.76. The Bertz CT molecular complexity index is 1200. The number of aromatic nitrogens is 5. The monoisotopic (exact) mass is 491 g/mol. The van der Waals surface area contributed by atoms with Gasteiger partial charge < -0.3 is 14.9 Å². The summed E-state index contributed by atoms with van der Waals surface area (Å²) in [4.78, 5) is 25.7. The summed E-state index contributed by atoms with van der Waals surface area (Å²) >= 11 is 3.43. The highest BCUT2D eigenvalue weighted by molar-refractivity contribution is 9.10. The molecule has 164 valence electrons. The van der Waals surface area contributed by atoms with Gasteiger partial charge in [-0.05, 0) is 24.6 Å². The first-order chi connectivity index (χ1) is 14.9. The molecule has 0 bridgehead atoms. The molecule has 0 unspecified atom stereocenters. The predicted molar refractivity (Wildman–Crippen MR) is 114 cm³/mol. The van der Waals surface area contributed by atoms with Crippen molar-refractivity contribution in [3.05, 3.63) is 78.8 Å². The van der Waals surface area contributed by atoms with Gasteiger partial charge in [0, 0.05) is 22.7 Å². The summed E-state index contributed by atoms with van der Waals surface area (Å²) in [7, 11) is 0. The minimum atomic E-state index is -0.888. The Morgan fingerprint density at radius 1 is 1.26 bits per heavy atom. The van der Waals surface area contributed by atoms with Crippen LogP contribution in [0.15, 0.2) is 50.7 Å². The van der Waals surface area contributed by atoms with Gasteiger partial charge in [-0.2, -0.15) is 0 Å². The number of aliphatic hydroxyl groups is 2. The van der Waals surface area contributed by atoms with E-state index in [9.17, 15) is 19.8 Å². The van der Waals surface area contributed by atoms with Gasteiger partial charge in [-0.25, -0.2) is 9.48 Å². The average molecular weight is 492 g/mol. The fourth-order valence-corrected chi connectivity index (χ4v) is 4.07. The smallest absolute Gasteiger partial charge is 0.333 e. The molecule has 31 heavy (non-hydrogen) atoms. The van der Waals surface area contributed by atoms with Gasteiger partial charge in [0.25, 0.3) is 5.56 Å². The topological polar surface area (TPSA) is 124 Å². The van der Waals surface area contributed by atoms with Crippen LogP contribution in [0, 0.1) is 6.92 Å². The van der Waals surface area contributed by atoms with E-state index in [0.29, 0.717) is 17.8 Å². The highest BCUT2D eigenvalue weighted by Crippen LogP contribution is 2.27. The number of aryl methyl sites for hydroxylation is 1. The molecule has 1 aliphatic rings. The van der Waals surface area contributed by atoms with Crippen LogP contribution < -0.4 is 11.2 Å². The van der Waals surface area contributed by atoms with E-state index >= 15 is 0 Å². The Morgan fingerprint density at radius 2 is 2.06 bits per heavy atom. The normalized spacial score (nSPS) is 21.0. The van der Waals surface area contributed by atoms with Crippen LogP contribution in [0.5, 0.6) is 0 Å². The van der Waals surface area contributed by atoms with Gasteiger partial charge in [0.05, 0.1) is 32.0 Å². The molecule has 1 aromatic carbocycles. The van der Waals surface area contributed by atoms with Crippen molar-refractivity contribution in [3.63, 3.8) is 0 Å². The number of hydrogen-bond acceptors (Lipinski definition) is 7. The Kier molecular flexibility index (Phi) is 6.19. The molecule has 3 heterocycles. The van der Waals surface area contributed by atoms with Crippen LogP contribution in [0.25, 0.3) is 0 Å². The number of hydrogen-bond donors (Lipinski definition) is 2. The molecule has 1 fully saturated rings. The van der Waals surface area contributed by atoms with Crippen molar-refractivity contribution in [2.75, 3.05) is 6.61 Å². The summed E-state index contributed by atoms with van der Waals surface area (Å²) in [5, 5.41) is 27.5. The van der Waals surface area contributed by atoms with Crippen LogP contribution in [0.4, 0.5) is 0 Å². The molecule has 4 rings (SSSR count). The average Bonchev–Trinajstić information content (AvgIpc) is 3.33. The van der Waals surface area contributed by atoms with E-state index in [4.69, 9.17) is 4.74 Å². The minimum Gasteiger partial charge on any atom is -0.394 e. The number of aliphatic hydroxyl groups excluding tert-OH is 2. The molecule has 11 heteroatoms. The van der Waals surface area contributed by atoms with Crippen molar-refractivity contribution in [2.45, 2.75) is 44.9 Å². The molecule has 2 N–H and O–H groups in total. The Balaban J connectivity index is 1.59. The zero-order valence-electron chi connectivity index (χ0n) is 16.8. The van der Waals surface area contributed by atoms with E-state index in [-0.39, 0.29) is 19.6 Å². The molecular weight excluding hydrogens is 470 g/mol. The first kappa shape index (κ1) is 21.6. The molecule has 2 aromatic heterocycles. The second-order valence-electron chi connectivity index (χ2n) is 7.55. The van der Waals surface area contributed by atoms with E-state index in [1.54, 1.807) is 17.8 Å². The molecule has 0 amide bonds. The molecule has 10 nitrogen and oxygen atoms in total. The van der Waals surface area contributed by atoms with E-state index in [2.05, 4.69) is 26.2 Å². The molecule has 3 aromatic rings. The molecule has 3 atom stereocenters. The third kappa shape index (κ3) is 4.54. The molecule has 0 spiro atoms. The SMILES string of the molecule is Cc1cn([C@H]2C[C@@H](O)[C@@H](CO)O2)c(=O)n(Cc2cn(Cc3cccc(Br)c3)nn2)c1=O. The quantitative estimate of drug-likeness (QED) is 0.511. The highest BCUT2D eigenvalue weighted by atomic mass is 79.9. The molecular formula is C20H22BrN5O5. The van der Waals surface area contributed by atoms with Gasteiger partial charge in [0.2, 0.25) is 0 Å². The molecule has 1 aliphatic heterocycles. The van der Waals surface area contributed by atoms with Crippen molar-refractivity contribution in [3.8, 4) is 0 Å². The van der Waals surface area contributed by atoms with Crippen LogP contribution in [-0.2, 0) is 17.8 Å². The van der Waals surface area contributed by atoms with E-state index in [0.717, 1.165) is 14.6 Å². The summed E-state index contributed by atoms with van der Waals surface area (Å²) in [6.07, 6.45) is 0.832. The molecule has 0 saturated carbocycles. The second-order valence-corrected chi connectivity index (χ2v) is 8.46. The number of rotatable bonds is 6. The van der Waals surface area contributed by atoms with Crippen LogP contribution in [0.3, 0.4) is 0 Å². The van der Waals surface area contributed by atoms with Crippen LogP contribution >= 0.6 is 15.9 Å². The maximum absolute atomic E-state index is 13.0. The van der Waals surface area contributed by atoms with Gasteiger partial charge in [0.1, 0.15) is 18.0 Å².